The van der Waals surface area contributed by atoms with Gasteiger partial charge in [0, 0.05) is 54.5 Å². The highest BCUT2D eigenvalue weighted by molar-refractivity contribution is 5.99. The SMILES string of the molecule is COc1ccccc1C(Nc1ccc([N+](=O)[O-])c2cnccc12)c1nccn1C. The zero-order chi connectivity index (χ0) is 20.4. The van der Waals surface area contributed by atoms with Crippen LogP contribution in [0.5, 0.6) is 5.75 Å². The fraction of sp³-hybridized carbons (Fsp3) is 0.143. The molecule has 0 saturated carbocycles. The maximum Gasteiger partial charge on any atom is 0.278 e. The third-order valence-electron chi connectivity index (χ3n) is 4.86. The van der Waals surface area contributed by atoms with E-state index in [1.165, 1.54) is 12.3 Å². The van der Waals surface area contributed by atoms with Crippen molar-refractivity contribution in [3.05, 3.63) is 88.8 Å². The lowest BCUT2D eigenvalue weighted by molar-refractivity contribution is -0.383. The molecule has 0 radical (unpaired) electrons. The second-order valence-electron chi connectivity index (χ2n) is 6.53. The first-order valence-electron chi connectivity index (χ1n) is 8.98. The van der Waals surface area contributed by atoms with E-state index in [0.717, 1.165) is 22.8 Å². The molecule has 0 amide bonds. The van der Waals surface area contributed by atoms with Gasteiger partial charge in [-0.05, 0) is 18.2 Å². The largest absolute Gasteiger partial charge is 0.496 e. The van der Waals surface area contributed by atoms with Crippen LogP contribution in [0.4, 0.5) is 11.4 Å². The summed E-state index contributed by atoms with van der Waals surface area (Å²) in [7, 11) is 3.55. The van der Waals surface area contributed by atoms with Gasteiger partial charge in [-0.15, -0.1) is 0 Å². The number of hydrogen-bond donors (Lipinski definition) is 1. The van der Waals surface area contributed by atoms with Crippen molar-refractivity contribution in [1.29, 1.82) is 0 Å². The Bertz CT molecular complexity index is 1190. The maximum atomic E-state index is 11.4. The van der Waals surface area contributed by atoms with Crippen LogP contribution in [-0.2, 0) is 7.05 Å². The highest BCUT2D eigenvalue weighted by atomic mass is 16.6. The Morgan fingerprint density at radius 1 is 1.14 bits per heavy atom. The molecule has 0 bridgehead atoms. The minimum atomic E-state index is -0.399. The fourth-order valence-corrected chi connectivity index (χ4v) is 3.46. The van der Waals surface area contributed by atoms with Gasteiger partial charge >= 0.3 is 0 Å². The molecule has 0 aliphatic heterocycles. The van der Waals surface area contributed by atoms with Gasteiger partial charge in [-0.2, -0.15) is 0 Å². The number of ether oxygens (including phenoxy) is 1. The van der Waals surface area contributed by atoms with Crippen LogP contribution < -0.4 is 10.1 Å². The van der Waals surface area contributed by atoms with Crippen LogP contribution in [-0.4, -0.2) is 26.6 Å². The van der Waals surface area contributed by atoms with E-state index in [0.29, 0.717) is 10.8 Å². The summed E-state index contributed by atoms with van der Waals surface area (Å²) in [5.41, 5.74) is 1.67. The number of benzene rings is 2. The molecule has 146 valence electrons. The lowest BCUT2D eigenvalue weighted by atomic mass is 10.0. The first-order valence-corrected chi connectivity index (χ1v) is 8.98. The minimum Gasteiger partial charge on any atom is -0.496 e. The van der Waals surface area contributed by atoms with Gasteiger partial charge < -0.3 is 14.6 Å². The van der Waals surface area contributed by atoms with Crippen LogP contribution in [0, 0.1) is 10.1 Å². The van der Waals surface area contributed by atoms with Crippen molar-refractivity contribution in [2.24, 2.45) is 7.05 Å². The van der Waals surface area contributed by atoms with E-state index < -0.39 is 4.92 Å². The summed E-state index contributed by atoms with van der Waals surface area (Å²) in [6.07, 6.45) is 6.74. The molecule has 0 aliphatic carbocycles. The molecule has 8 heteroatoms. The zero-order valence-corrected chi connectivity index (χ0v) is 15.9. The molecule has 1 unspecified atom stereocenters. The molecule has 29 heavy (non-hydrogen) atoms. The molecule has 1 atom stereocenters. The van der Waals surface area contributed by atoms with Gasteiger partial charge in [-0.3, -0.25) is 15.1 Å². The monoisotopic (exact) mass is 389 g/mol. The molecule has 8 nitrogen and oxygen atoms in total. The number of hydrogen-bond acceptors (Lipinski definition) is 6. The summed E-state index contributed by atoms with van der Waals surface area (Å²) >= 11 is 0. The predicted molar refractivity (Wildman–Crippen MR) is 110 cm³/mol. The molecule has 0 spiro atoms. The number of aromatic nitrogens is 3. The molecule has 0 aliphatic rings. The number of para-hydroxylation sites is 1. The van der Waals surface area contributed by atoms with Gasteiger partial charge in [-0.25, -0.2) is 4.98 Å². The molecule has 1 N–H and O–H groups in total. The summed E-state index contributed by atoms with van der Waals surface area (Å²) in [5.74, 6) is 1.51. The fourth-order valence-electron chi connectivity index (χ4n) is 3.46. The van der Waals surface area contributed by atoms with E-state index in [1.807, 2.05) is 42.1 Å². The second kappa shape index (κ2) is 7.59. The number of aryl methyl sites for hydroxylation is 1. The van der Waals surface area contributed by atoms with E-state index in [4.69, 9.17) is 4.74 Å². The molecule has 2 heterocycles. The quantitative estimate of drug-likeness (QED) is 0.394. The number of nitro benzene ring substituents is 1. The van der Waals surface area contributed by atoms with Crippen molar-refractivity contribution >= 4 is 22.1 Å². The minimum absolute atomic E-state index is 0.0180. The topological polar surface area (TPSA) is 95.1 Å². The van der Waals surface area contributed by atoms with Crippen LogP contribution in [0.1, 0.15) is 17.4 Å². The van der Waals surface area contributed by atoms with Crippen molar-refractivity contribution < 1.29 is 9.66 Å². The van der Waals surface area contributed by atoms with Crippen molar-refractivity contribution in [2.75, 3.05) is 12.4 Å². The van der Waals surface area contributed by atoms with Crippen LogP contribution in [0.3, 0.4) is 0 Å². The Balaban J connectivity index is 1.87. The second-order valence-corrected chi connectivity index (χ2v) is 6.53. The van der Waals surface area contributed by atoms with Crippen molar-refractivity contribution in [1.82, 2.24) is 14.5 Å². The lowest BCUT2D eigenvalue weighted by Gasteiger charge is -2.23. The normalized spacial score (nSPS) is 11.9. The highest BCUT2D eigenvalue weighted by Crippen LogP contribution is 2.36. The van der Waals surface area contributed by atoms with E-state index in [-0.39, 0.29) is 11.7 Å². The molecule has 4 rings (SSSR count). The molecule has 0 saturated heterocycles. The molecule has 2 aromatic carbocycles. The number of nitro groups is 1. The highest BCUT2D eigenvalue weighted by Gasteiger charge is 2.23. The average molecular weight is 389 g/mol. The van der Waals surface area contributed by atoms with Gasteiger partial charge in [0.25, 0.3) is 5.69 Å². The number of nitrogens with zero attached hydrogens (tertiary/aromatic N) is 4. The summed E-state index contributed by atoms with van der Waals surface area (Å²) in [4.78, 5) is 19.6. The molecule has 2 aromatic heterocycles. The molecular weight excluding hydrogens is 370 g/mol. The first-order chi connectivity index (χ1) is 14.1. The van der Waals surface area contributed by atoms with Crippen molar-refractivity contribution in [3.63, 3.8) is 0 Å². The third kappa shape index (κ3) is 3.36. The third-order valence-corrected chi connectivity index (χ3v) is 4.86. The predicted octanol–water partition coefficient (Wildman–Crippen LogP) is 4.09. The van der Waals surface area contributed by atoms with Gasteiger partial charge in [0.1, 0.15) is 17.6 Å². The lowest BCUT2D eigenvalue weighted by Crippen LogP contribution is -2.18. The number of non-ortho nitro benzene ring substituents is 1. The Labute approximate surface area is 166 Å². The standard InChI is InChI=1S/C21H19N5O3/c1-25-12-11-23-21(25)20(15-5-3-4-6-19(15)29-2)24-17-7-8-18(26(27)28)16-13-22-10-9-14(16)17/h3-13,20,24H,1-2H3. The number of fused-ring (bicyclic) bond motifs is 1. The van der Waals surface area contributed by atoms with Crippen LogP contribution in [0.15, 0.2) is 67.3 Å². The van der Waals surface area contributed by atoms with E-state index in [9.17, 15) is 10.1 Å². The van der Waals surface area contributed by atoms with E-state index >= 15 is 0 Å². The number of methoxy groups -OCH3 is 1. The zero-order valence-electron chi connectivity index (χ0n) is 15.9. The molecular formula is C21H19N5O3. The van der Waals surface area contributed by atoms with Crippen molar-refractivity contribution in [3.8, 4) is 5.75 Å². The van der Waals surface area contributed by atoms with Gasteiger partial charge in [0.2, 0.25) is 0 Å². The number of pyridine rings is 1. The Kier molecular flexibility index (Phi) is 4.82. The number of imidazole rings is 1. The van der Waals surface area contributed by atoms with Crippen LogP contribution >= 0.6 is 0 Å². The van der Waals surface area contributed by atoms with E-state index in [1.54, 1.807) is 31.6 Å². The maximum absolute atomic E-state index is 11.4. The summed E-state index contributed by atoms with van der Waals surface area (Å²) < 4.78 is 7.49. The number of nitrogens with one attached hydrogen (secondary N) is 1. The Morgan fingerprint density at radius 3 is 2.69 bits per heavy atom. The number of rotatable bonds is 6. The van der Waals surface area contributed by atoms with Crippen molar-refractivity contribution in [2.45, 2.75) is 6.04 Å². The summed E-state index contributed by atoms with van der Waals surface area (Å²) in [6.45, 7) is 0. The summed E-state index contributed by atoms with van der Waals surface area (Å²) in [6, 6.07) is 12.4. The Hall–Kier alpha value is -3.94. The molecule has 4 aromatic rings. The molecule has 0 fully saturated rings. The van der Waals surface area contributed by atoms with Gasteiger partial charge in [-0.1, -0.05) is 18.2 Å². The van der Waals surface area contributed by atoms with Gasteiger partial charge in [0.05, 0.1) is 17.4 Å². The van der Waals surface area contributed by atoms with E-state index in [2.05, 4.69) is 15.3 Å². The van der Waals surface area contributed by atoms with Crippen LogP contribution in [0.25, 0.3) is 10.8 Å². The average Bonchev–Trinajstić information content (AvgIpc) is 3.17. The van der Waals surface area contributed by atoms with Crippen LogP contribution in [0.2, 0.25) is 0 Å². The summed E-state index contributed by atoms with van der Waals surface area (Å²) in [5, 5.41) is 16.1. The Morgan fingerprint density at radius 2 is 1.97 bits per heavy atom. The first kappa shape index (κ1) is 18.4. The number of anilines is 1. The smallest absolute Gasteiger partial charge is 0.278 e. The van der Waals surface area contributed by atoms with Gasteiger partial charge in [0.15, 0.2) is 0 Å².